The summed E-state index contributed by atoms with van der Waals surface area (Å²) >= 11 is 0. The van der Waals surface area contributed by atoms with Gasteiger partial charge in [0.25, 0.3) is 0 Å². The van der Waals surface area contributed by atoms with E-state index < -0.39 is 43.7 Å². The number of carbonyl (C=O) groups is 3. The number of aromatic nitrogens is 1. The first-order valence-electron chi connectivity index (χ1n) is 13.4. The summed E-state index contributed by atoms with van der Waals surface area (Å²) in [4.78, 5) is 44.5. The molecule has 4 aliphatic heterocycles. The molecule has 1 N–H and O–H groups in total. The number of piperazine rings is 1. The highest BCUT2D eigenvalue weighted by atomic mass is 28.4. The molecule has 4 atom stereocenters. The highest BCUT2D eigenvalue weighted by Gasteiger charge is 2.73. The van der Waals surface area contributed by atoms with Gasteiger partial charge in [-0.25, -0.2) is 4.79 Å². The van der Waals surface area contributed by atoms with Crippen molar-refractivity contribution in [1.82, 2.24) is 14.4 Å². The van der Waals surface area contributed by atoms with Gasteiger partial charge in [-0.15, -0.1) is 0 Å². The Labute approximate surface area is 227 Å². The second-order valence-electron chi connectivity index (χ2n) is 12.5. The van der Waals surface area contributed by atoms with E-state index in [1.165, 1.54) is 4.90 Å². The molecule has 9 nitrogen and oxygen atoms in total. The van der Waals surface area contributed by atoms with Crippen molar-refractivity contribution in [2.24, 2.45) is 0 Å². The van der Waals surface area contributed by atoms with E-state index in [9.17, 15) is 14.4 Å². The first-order valence-corrected chi connectivity index (χ1v) is 16.3. The number of amides is 2. The number of carbonyl (C=O) groups excluding carboxylic acids is 3. The van der Waals surface area contributed by atoms with Gasteiger partial charge in [-0.05, 0) is 57.1 Å². The minimum Gasteiger partial charge on any atom is -0.443 e. The maximum atomic E-state index is 13.9. The van der Waals surface area contributed by atoms with Gasteiger partial charge in [-0.2, -0.15) is 0 Å². The number of nitrogens with one attached hydrogen (secondary N) is 1. The molecule has 4 unspecified atom stereocenters. The van der Waals surface area contributed by atoms with E-state index in [-0.39, 0.29) is 18.4 Å². The van der Waals surface area contributed by atoms with Crippen LogP contribution in [0.4, 0.5) is 10.5 Å². The molecule has 0 aliphatic carbocycles. The van der Waals surface area contributed by atoms with Gasteiger partial charge >= 0.3 is 6.09 Å². The Hall–Kier alpha value is -3.63. The predicted octanol–water partition coefficient (Wildman–Crippen LogP) is 2.96. The van der Waals surface area contributed by atoms with E-state index >= 15 is 0 Å². The number of hydrogen-bond donors (Lipinski definition) is 1. The van der Waals surface area contributed by atoms with Crippen molar-refractivity contribution < 1.29 is 23.5 Å². The van der Waals surface area contributed by atoms with E-state index in [0.29, 0.717) is 0 Å². The third-order valence-corrected chi connectivity index (χ3v) is 11.0. The van der Waals surface area contributed by atoms with E-state index in [4.69, 9.17) is 9.16 Å². The monoisotopic (exact) mass is 544 g/mol. The predicted molar refractivity (Wildman–Crippen MR) is 148 cm³/mol. The van der Waals surface area contributed by atoms with Crippen molar-refractivity contribution in [1.29, 1.82) is 0 Å². The van der Waals surface area contributed by atoms with Crippen LogP contribution in [0.15, 0.2) is 48.5 Å². The summed E-state index contributed by atoms with van der Waals surface area (Å²) in [5, 5.41) is 5.32. The van der Waals surface area contributed by atoms with E-state index in [0.717, 1.165) is 33.0 Å². The average molecular weight is 545 g/mol. The molecule has 2 fully saturated rings. The van der Waals surface area contributed by atoms with Gasteiger partial charge < -0.3 is 24.3 Å². The molecular weight excluding hydrogens is 512 g/mol. The first-order chi connectivity index (χ1) is 18.4. The number of rotatable bonds is 0. The summed E-state index contributed by atoms with van der Waals surface area (Å²) in [5.74, 6) is -0.251. The van der Waals surface area contributed by atoms with Crippen molar-refractivity contribution >= 4 is 48.1 Å². The second-order valence-corrected chi connectivity index (χ2v) is 16.2. The molecule has 4 aliphatic rings. The third-order valence-electron chi connectivity index (χ3n) is 8.56. The lowest BCUT2D eigenvalue weighted by molar-refractivity contribution is -0.155. The van der Waals surface area contributed by atoms with Crippen LogP contribution in [-0.2, 0) is 24.2 Å². The minimum absolute atomic E-state index is 0.0139. The van der Waals surface area contributed by atoms with Gasteiger partial charge in [0, 0.05) is 23.4 Å². The number of benzene rings is 2. The summed E-state index contributed by atoms with van der Waals surface area (Å²) in [6.45, 7) is 9.69. The van der Waals surface area contributed by atoms with Crippen LogP contribution in [0.5, 0.6) is 0 Å². The summed E-state index contributed by atoms with van der Waals surface area (Å²) in [6, 6.07) is 15.1. The number of nitrogens with zero attached hydrogens (tertiary/aromatic N) is 3. The fourth-order valence-electron chi connectivity index (χ4n) is 7.34. The molecule has 1 aromatic heterocycles. The minimum atomic E-state index is -2.87. The zero-order valence-corrected chi connectivity index (χ0v) is 23.9. The molecule has 3 aromatic rings. The summed E-state index contributed by atoms with van der Waals surface area (Å²) < 4.78 is 14.7. The van der Waals surface area contributed by atoms with Gasteiger partial charge in [-0.1, -0.05) is 36.4 Å². The fraction of sp³-hybridized carbons (Fsp3) is 0.414. The number of likely N-dealkylation sites (N-methyl/N-ethyl adjacent to an activating group) is 1. The Kier molecular flexibility index (Phi) is 4.70. The molecule has 0 bridgehead atoms. The number of anilines is 1. The van der Waals surface area contributed by atoms with Crippen molar-refractivity contribution in [3.8, 4) is 0 Å². The van der Waals surface area contributed by atoms with Crippen LogP contribution in [-0.4, -0.2) is 78.1 Å². The van der Waals surface area contributed by atoms with Gasteiger partial charge in [0.15, 0.2) is 0 Å². The number of para-hydroxylation sites is 2. The van der Waals surface area contributed by atoms with Gasteiger partial charge in [0.2, 0.25) is 20.1 Å². The molecule has 7 rings (SSSR count). The Morgan fingerprint density at radius 2 is 1.79 bits per heavy atom. The molecule has 2 amide bonds. The van der Waals surface area contributed by atoms with Crippen LogP contribution in [0.1, 0.15) is 31.9 Å². The molecular formula is C29H32N4O5Si. The molecule has 0 saturated carbocycles. The van der Waals surface area contributed by atoms with Crippen LogP contribution >= 0.6 is 0 Å². The highest BCUT2D eigenvalue weighted by molar-refractivity contribution is 6.85. The van der Waals surface area contributed by atoms with Crippen molar-refractivity contribution in [3.05, 3.63) is 59.7 Å². The lowest BCUT2D eigenvalue weighted by Crippen LogP contribution is -2.67. The normalized spacial score (nSPS) is 28.4. The Bertz CT molecular complexity index is 1610. The van der Waals surface area contributed by atoms with Gasteiger partial charge in [0.1, 0.15) is 17.8 Å². The van der Waals surface area contributed by atoms with Crippen LogP contribution in [0.2, 0.25) is 13.1 Å². The highest BCUT2D eigenvalue weighted by Crippen LogP contribution is 2.60. The standard InChI is InChI=1S/C29H32N4O5Si/c1-28(2,3)37-27(36)32-19-14-10-7-11-16(19)21-25(32)39(5,6)38-23-22-24(35)31(4)15-20(34)33(22)26-29(21,23)17-12-8-9-13-18(17)30-26/h7-14,22-23,26,30H,15H2,1-6H3. The summed E-state index contributed by atoms with van der Waals surface area (Å²) in [5.41, 5.74) is 1.96. The lowest BCUT2D eigenvalue weighted by Gasteiger charge is -2.46. The number of ether oxygens (including phenoxy) is 1. The Morgan fingerprint density at radius 3 is 2.54 bits per heavy atom. The lowest BCUT2D eigenvalue weighted by atomic mass is 9.70. The van der Waals surface area contributed by atoms with Crippen molar-refractivity contribution in [2.75, 3.05) is 18.9 Å². The SMILES string of the molecule is CN1CC(=O)N2C(C1=O)C1O[Si](C)(C)c3c(c4ccccc4n3C(=O)OC(C)(C)C)C13c1ccccc1NC23. The number of fused-ring (bicyclic) bond motifs is 7. The maximum absolute atomic E-state index is 13.9. The molecule has 0 radical (unpaired) electrons. The fourth-order valence-corrected chi connectivity index (χ4v) is 10.1. The molecule has 39 heavy (non-hydrogen) atoms. The van der Waals surface area contributed by atoms with Crippen molar-refractivity contribution in [3.63, 3.8) is 0 Å². The molecule has 10 heteroatoms. The summed E-state index contributed by atoms with van der Waals surface area (Å²) in [6.07, 6.45) is -1.63. The van der Waals surface area contributed by atoms with Gasteiger partial charge in [0.05, 0.1) is 23.6 Å². The maximum Gasteiger partial charge on any atom is 0.418 e. The smallest absolute Gasteiger partial charge is 0.418 e. The van der Waals surface area contributed by atoms with Gasteiger partial charge in [-0.3, -0.25) is 14.2 Å². The molecule has 1 spiro atoms. The van der Waals surface area contributed by atoms with Crippen molar-refractivity contribution in [2.45, 2.75) is 63.2 Å². The molecule has 2 aromatic carbocycles. The Morgan fingerprint density at radius 1 is 1.10 bits per heavy atom. The van der Waals surface area contributed by atoms with Crippen LogP contribution in [0, 0.1) is 0 Å². The van der Waals surface area contributed by atoms with Crippen LogP contribution in [0.3, 0.4) is 0 Å². The first kappa shape index (κ1) is 24.4. The molecule has 202 valence electrons. The van der Waals surface area contributed by atoms with E-state index in [2.05, 4.69) is 24.5 Å². The molecule has 2 saturated heterocycles. The van der Waals surface area contributed by atoms with E-state index in [1.54, 1.807) is 16.5 Å². The zero-order valence-electron chi connectivity index (χ0n) is 22.9. The van der Waals surface area contributed by atoms with Crippen LogP contribution < -0.4 is 10.6 Å². The largest absolute Gasteiger partial charge is 0.443 e. The zero-order chi connectivity index (χ0) is 27.6. The van der Waals surface area contributed by atoms with Crippen LogP contribution in [0.25, 0.3) is 10.9 Å². The topological polar surface area (TPSA) is 93.1 Å². The molecule has 5 heterocycles. The Balaban J connectivity index is 1.61. The quantitative estimate of drug-likeness (QED) is 0.438. The summed E-state index contributed by atoms with van der Waals surface area (Å²) in [7, 11) is -1.20. The third kappa shape index (κ3) is 2.96. The average Bonchev–Trinajstić information content (AvgIpc) is 3.46. The van der Waals surface area contributed by atoms with E-state index in [1.807, 2.05) is 63.2 Å². The second kappa shape index (κ2) is 7.51. The number of hydrogen-bond acceptors (Lipinski definition) is 6.